The number of carbonyl (C=O) groups is 1. The van der Waals surface area contributed by atoms with Crippen LogP contribution in [0.25, 0.3) is 0 Å². The van der Waals surface area contributed by atoms with Crippen molar-refractivity contribution >= 4 is 11.7 Å². The molecule has 1 saturated carbocycles. The van der Waals surface area contributed by atoms with Gasteiger partial charge in [-0.15, -0.1) is 0 Å². The Hall–Kier alpha value is -1.85. The van der Waals surface area contributed by atoms with Gasteiger partial charge >= 0.3 is 5.97 Å². The van der Waals surface area contributed by atoms with E-state index in [0.717, 1.165) is 12.8 Å². The van der Waals surface area contributed by atoms with Crippen molar-refractivity contribution in [1.29, 1.82) is 0 Å². The molecule has 108 valence electrons. The number of nitrogens with zero attached hydrogens (tertiary/aromatic N) is 1. The lowest BCUT2D eigenvalue weighted by Crippen LogP contribution is -2.56. The van der Waals surface area contributed by atoms with Gasteiger partial charge in [0.2, 0.25) is 0 Å². The highest BCUT2D eigenvalue weighted by molar-refractivity contribution is 5.91. The SMILES string of the molecule is O=C(O)c1ccc(N2CC(F)(F)C2)cc1OCC1CC1. The van der Waals surface area contributed by atoms with Gasteiger partial charge in [0.05, 0.1) is 19.7 Å². The molecule has 2 fully saturated rings. The number of halogens is 2. The van der Waals surface area contributed by atoms with Crippen LogP contribution in [0.5, 0.6) is 5.75 Å². The van der Waals surface area contributed by atoms with Gasteiger partial charge in [-0.05, 0) is 30.9 Å². The van der Waals surface area contributed by atoms with E-state index in [1.807, 2.05) is 0 Å². The van der Waals surface area contributed by atoms with Crippen LogP contribution in [0.4, 0.5) is 14.5 Å². The molecule has 1 aromatic carbocycles. The molecule has 6 heteroatoms. The fourth-order valence-corrected chi connectivity index (χ4v) is 2.19. The minimum atomic E-state index is -2.65. The van der Waals surface area contributed by atoms with Crippen LogP contribution < -0.4 is 9.64 Å². The minimum Gasteiger partial charge on any atom is -0.492 e. The highest BCUT2D eigenvalue weighted by Crippen LogP contribution is 2.36. The molecule has 2 aliphatic rings. The standard InChI is InChI=1S/C14H15F2NO3/c15-14(16)7-17(8-14)10-3-4-11(13(18)19)12(5-10)20-6-9-1-2-9/h3-5,9H,1-2,6-8H2,(H,18,19). The Morgan fingerprint density at radius 3 is 2.65 bits per heavy atom. The summed E-state index contributed by atoms with van der Waals surface area (Å²) in [5.74, 6) is -2.97. The maximum Gasteiger partial charge on any atom is 0.339 e. The van der Waals surface area contributed by atoms with Crippen molar-refractivity contribution in [1.82, 2.24) is 0 Å². The number of anilines is 1. The molecule has 4 nitrogen and oxygen atoms in total. The lowest BCUT2D eigenvalue weighted by molar-refractivity contribution is -0.0263. The molecule has 1 aromatic rings. The molecule has 1 N–H and O–H groups in total. The van der Waals surface area contributed by atoms with Gasteiger partial charge in [0, 0.05) is 11.8 Å². The summed E-state index contributed by atoms with van der Waals surface area (Å²) < 4.78 is 31.3. The molecule has 3 rings (SSSR count). The molecule has 1 aliphatic heterocycles. The molecule has 0 bridgehead atoms. The highest BCUT2D eigenvalue weighted by Gasteiger charge is 2.44. The van der Waals surface area contributed by atoms with Crippen LogP contribution in [-0.2, 0) is 0 Å². The number of carboxylic acids is 1. The lowest BCUT2D eigenvalue weighted by Gasteiger charge is -2.40. The van der Waals surface area contributed by atoms with Gasteiger partial charge in [0.25, 0.3) is 5.92 Å². The van der Waals surface area contributed by atoms with Crippen molar-refractivity contribution in [2.24, 2.45) is 5.92 Å². The third-order valence-electron chi connectivity index (χ3n) is 3.58. The summed E-state index contributed by atoms with van der Waals surface area (Å²) in [5, 5.41) is 9.12. The number of alkyl halides is 2. The maximum atomic E-state index is 12.9. The zero-order valence-electron chi connectivity index (χ0n) is 10.8. The number of aromatic carboxylic acids is 1. The summed E-state index contributed by atoms with van der Waals surface area (Å²) in [6, 6.07) is 4.50. The summed E-state index contributed by atoms with van der Waals surface area (Å²) >= 11 is 0. The lowest BCUT2D eigenvalue weighted by atomic mass is 10.1. The number of benzene rings is 1. The van der Waals surface area contributed by atoms with Crippen LogP contribution in [0, 0.1) is 5.92 Å². The third kappa shape index (κ3) is 2.69. The van der Waals surface area contributed by atoms with E-state index in [2.05, 4.69) is 0 Å². The summed E-state index contributed by atoms with van der Waals surface area (Å²) in [5.41, 5.74) is 0.647. The second-order valence-corrected chi connectivity index (χ2v) is 5.45. The van der Waals surface area contributed by atoms with E-state index >= 15 is 0 Å². The van der Waals surface area contributed by atoms with Gasteiger partial charge in [0.15, 0.2) is 0 Å². The smallest absolute Gasteiger partial charge is 0.339 e. The van der Waals surface area contributed by atoms with Gasteiger partial charge in [-0.25, -0.2) is 13.6 Å². The summed E-state index contributed by atoms with van der Waals surface area (Å²) in [7, 11) is 0. The molecular formula is C14H15F2NO3. The van der Waals surface area contributed by atoms with E-state index in [9.17, 15) is 13.6 Å². The molecule has 20 heavy (non-hydrogen) atoms. The van der Waals surface area contributed by atoms with Gasteiger partial charge in [-0.1, -0.05) is 0 Å². The van der Waals surface area contributed by atoms with E-state index in [-0.39, 0.29) is 24.4 Å². The topological polar surface area (TPSA) is 49.8 Å². The third-order valence-corrected chi connectivity index (χ3v) is 3.58. The molecule has 0 aromatic heterocycles. The first-order valence-electron chi connectivity index (χ1n) is 6.57. The fraction of sp³-hybridized carbons (Fsp3) is 0.500. The Morgan fingerprint density at radius 2 is 2.10 bits per heavy atom. The largest absolute Gasteiger partial charge is 0.492 e. The first kappa shape index (κ1) is 13.1. The normalized spacial score (nSPS) is 20.4. The van der Waals surface area contributed by atoms with Gasteiger partial charge in [0.1, 0.15) is 11.3 Å². The summed E-state index contributed by atoms with van der Waals surface area (Å²) in [6.45, 7) is -0.178. The molecule has 0 atom stereocenters. The predicted molar refractivity (Wildman–Crippen MR) is 68.8 cm³/mol. The molecule has 0 radical (unpaired) electrons. The average Bonchev–Trinajstić information content (AvgIpc) is 3.16. The van der Waals surface area contributed by atoms with E-state index in [0.29, 0.717) is 18.2 Å². The second kappa shape index (κ2) is 4.61. The Bertz CT molecular complexity index is 535. The highest BCUT2D eigenvalue weighted by atomic mass is 19.3. The number of carboxylic acid groups (broad SMARTS) is 1. The fourth-order valence-electron chi connectivity index (χ4n) is 2.19. The number of rotatable bonds is 5. The minimum absolute atomic E-state index is 0.0710. The van der Waals surface area contributed by atoms with Crippen LogP contribution in [0.3, 0.4) is 0 Å². The van der Waals surface area contributed by atoms with Crippen molar-refractivity contribution in [3.05, 3.63) is 23.8 Å². The van der Waals surface area contributed by atoms with Crippen molar-refractivity contribution in [2.75, 3.05) is 24.6 Å². The number of hydrogen-bond donors (Lipinski definition) is 1. The zero-order chi connectivity index (χ0) is 14.3. The van der Waals surface area contributed by atoms with Crippen LogP contribution in [0.2, 0.25) is 0 Å². The van der Waals surface area contributed by atoms with E-state index < -0.39 is 11.9 Å². The summed E-state index contributed by atoms with van der Waals surface area (Å²) in [6.07, 6.45) is 2.20. The number of ether oxygens (including phenoxy) is 1. The number of hydrogen-bond acceptors (Lipinski definition) is 3. The monoisotopic (exact) mass is 283 g/mol. The van der Waals surface area contributed by atoms with Gasteiger partial charge in [-0.3, -0.25) is 0 Å². The van der Waals surface area contributed by atoms with Crippen LogP contribution in [0.15, 0.2) is 18.2 Å². The Kier molecular flexibility index (Phi) is 3.03. The predicted octanol–water partition coefficient (Wildman–Crippen LogP) is 2.63. The molecular weight excluding hydrogens is 268 g/mol. The Morgan fingerprint density at radius 1 is 1.40 bits per heavy atom. The molecule has 1 aliphatic carbocycles. The quantitative estimate of drug-likeness (QED) is 0.902. The zero-order valence-corrected chi connectivity index (χ0v) is 10.8. The molecule has 1 heterocycles. The maximum absolute atomic E-state index is 12.9. The van der Waals surface area contributed by atoms with Crippen molar-refractivity contribution in [3.8, 4) is 5.75 Å². The van der Waals surface area contributed by atoms with E-state index in [1.54, 1.807) is 12.1 Å². The van der Waals surface area contributed by atoms with Crippen molar-refractivity contribution < 1.29 is 23.4 Å². The van der Waals surface area contributed by atoms with Crippen molar-refractivity contribution in [2.45, 2.75) is 18.8 Å². The van der Waals surface area contributed by atoms with Gasteiger partial charge in [-0.2, -0.15) is 0 Å². The first-order chi connectivity index (χ1) is 9.44. The second-order valence-electron chi connectivity index (χ2n) is 5.45. The molecule has 0 unspecified atom stereocenters. The van der Waals surface area contributed by atoms with Crippen LogP contribution in [-0.4, -0.2) is 36.7 Å². The molecule has 0 amide bonds. The average molecular weight is 283 g/mol. The molecule has 1 saturated heterocycles. The first-order valence-corrected chi connectivity index (χ1v) is 6.57. The molecule has 0 spiro atoms. The summed E-state index contributed by atoms with van der Waals surface area (Å²) in [4.78, 5) is 12.6. The van der Waals surface area contributed by atoms with Crippen LogP contribution in [0.1, 0.15) is 23.2 Å². The van der Waals surface area contributed by atoms with E-state index in [1.165, 1.54) is 11.0 Å². The van der Waals surface area contributed by atoms with Crippen molar-refractivity contribution in [3.63, 3.8) is 0 Å². The van der Waals surface area contributed by atoms with Gasteiger partial charge < -0.3 is 14.7 Å². The Labute approximate surface area is 114 Å². The van der Waals surface area contributed by atoms with E-state index in [4.69, 9.17) is 9.84 Å². The Balaban J connectivity index is 1.78. The van der Waals surface area contributed by atoms with Crippen LogP contribution >= 0.6 is 0 Å².